The molecule has 0 saturated heterocycles. The SMILES string of the molecule is CCCN(CC)C(=O)c1cccc(C(=O)NCCCNC(C)C(=O)NCC(C)C)c1.Cc1cc(F)cc(F)c1. The smallest absolute Gasteiger partial charge is 0.253 e. The van der Waals surface area contributed by atoms with Gasteiger partial charge in [-0.15, -0.1) is 0 Å². The number of carbonyl (C=O) groups is 3. The number of rotatable bonds is 13. The lowest BCUT2D eigenvalue weighted by Crippen LogP contribution is -2.44. The molecule has 9 heteroatoms. The Morgan fingerprint density at radius 3 is 2.10 bits per heavy atom. The molecule has 39 heavy (non-hydrogen) atoms. The van der Waals surface area contributed by atoms with Gasteiger partial charge in [0.2, 0.25) is 5.91 Å². The van der Waals surface area contributed by atoms with Gasteiger partial charge in [0.05, 0.1) is 6.04 Å². The number of aryl methyl sites for hydroxylation is 1. The van der Waals surface area contributed by atoms with Crippen molar-refractivity contribution < 1.29 is 23.2 Å². The quantitative estimate of drug-likeness (QED) is 0.318. The zero-order chi connectivity index (χ0) is 29.4. The van der Waals surface area contributed by atoms with Gasteiger partial charge >= 0.3 is 0 Å². The van der Waals surface area contributed by atoms with Crippen molar-refractivity contribution in [3.63, 3.8) is 0 Å². The van der Waals surface area contributed by atoms with Crippen LogP contribution in [0.15, 0.2) is 42.5 Å². The van der Waals surface area contributed by atoms with E-state index >= 15 is 0 Å². The van der Waals surface area contributed by atoms with Crippen molar-refractivity contribution in [2.24, 2.45) is 5.92 Å². The molecule has 0 aliphatic heterocycles. The molecule has 7 nitrogen and oxygen atoms in total. The molecule has 2 aromatic carbocycles. The highest BCUT2D eigenvalue weighted by atomic mass is 19.1. The summed E-state index contributed by atoms with van der Waals surface area (Å²) in [7, 11) is 0. The summed E-state index contributed by atoms with van der Waals surface area (Å²) in [6, 6.07) is 9.98. The highest BCUT2D eigenvalue weighted by Gasteiger charge is 2.15. The van der Waals surface area contributed by atoms with Crippen LogP contribution < -0.4 is 16.0 Å². The summed E-state index contributed by atoms with van der Waals surface area (Å²) in [5.41, 5.74) is 1.61. The summed E-state index contributed by atoms with van der Waals surface area (Å²) < 4.78 is 24.4. The third-order valence-corrected chi connectivity index (χ3v) is 5.71. The van der Waals surface area contributed by atoms with Gasteiger partial charge in [0.15, 0.2) is 0 Å². The van der Waals surface area contributed by atoms with Gasteiger partial charge in [0.25, 0.3) is 11.8 Å². The van der Waals surface area contributed by atoms with Crippen LogP contribution in [0.3, 0.4) is 0 Å². The zero-order valence-electron chi connectivity index (χ0n) is 24.1. The highest BCUT2D eigenvalue weighted by Crippen LogP contribution is 2.10. The van der Waals surface area contributed by atoms with Crippen LogP contribution in [-0.4, -0.2) is 61.4 Å². The molecule has 0 heterocycles. The van der Waals surface area contributed by atoms with E-state index in [9.17, 15) is 23.2 Å². The van der Waals surface area contributed by atoms with Crippen molar-refractivity contribution in [1.29, 1.82) is 0 Å². The van der Waals surface area contributed by atoms with Gasteiger partial charge in [-0.3, -0.25) is 14.4 Å². The highest BCUT2D eigenvalue weighted by molar-refractivity contribution is 5.99. The van der Waals surface area contributed by atoms with Crippen LogP contribution in [0.2, 0.25) is 0 Å². The van der Waals surface area contributed by atoms with Gasteiger partial charge in [-0.1, -0.05) is 26.8 Å². The summed E-state index contributed by atoms with van der Waals surface area (Å²) in [5, 5.41) is 8.93. The monoisotopic (exact) mass is 546 g/mol. The molecule has 0 aromatic heterocycles. The summed E-state index contributed by atoms with van der Waals surface area (Å²) in [4.78, 5) is 38.7. The molecule has 0 aliphatic rings. The van der Waals surface area contributed by atoms with Gasteiger partial charge in [-0.05, 0) is 82.0 Å². The molecule has 216 valence electrons. The van der Waals surface area contributed by atoms with Crippen molar-refractivity contribution in [2.45, 2.75) is 60.4 Å². The summed E-state index contributed by atoms with van der Waals surface area (Å²) in [5.74, 6) is -0.894. The second kappa shape index (κ2) is 18.0. The first-order valence-corrected chi connectivity index (χ1v) is 13.6. The van der Waals surface area contributed by atoms with Crippen LogP contribution in [0.5, 0.6) is 0 Å². The fraction of sp³-hybridized carbons (Fsp3) is 0.500. The van der Waals surface area contributed by atoms with Crippen LogP contribution in [0.25, 0.3) is 0 Å². The molecule has 2 aromatic rings. The molecular formula is C30H44F2N4O3. The Balaban J connectivity index is 0.000000708. The van der Waals surface area contributed by atoms with Gasteiger partial charge in [0, 0.05) is 43.4 Å². The van der Waals surface area contributed by atoms with Crippen LogP contribution in [0.4, 0.5) is 8.78 Å². The molecule has 0 saturated carbocycles. The van der Waals surface area contributed by atoms with E-state index in [-0.39, 0.29) is 23.8 Å². The maximum absolute atomic E-state index is 12.6. The molecule has 0 aliphatic carbocycles. The van der Waals surface area contributed by atoms with E-state index < -0.39 is 11.6 Å². The zero-order valence-corrected chi connectivity index (χ0v) is 24.1. The summed E-state index contributed by atoms with van der Waals surface area (Å²) in [6.45, 7) is 14.7. The number of hydrogen-bond acceptors (Lipinski definition) is 4. The number of hydrogen-bond donors (Lipinski definition) is 3. The van der Waals surface area contributed by atoms with E-state index in [0.717, 1.165) is 12.5 Å². The molecule has 3 N–H and O–H groups in total. The number of nitrogens with zero attached hydrogens (tertiary/aromatic N) is 1. The molecule has 1 unspecified atom stereocenters. The van der Waals surface area contributed by atoms with Crippen molar-refractivity contribution in [3.05, 3.63) is 70.8 Å². The van der Waals surface area contributed by atoms with Crippen molar-refractivity contribution in [2.75, 3.05) is 32.7 Å². The van der Waals surface area contributed by atoms with Gasteiger partial charge in [0.1, 0.15) is 11.6 Å². The molecule has 3 amide bonds. The van der Waals surface area contributed by atoms with E-state index in [4.69, 9.17) is 0 Å². The third kappa shape index (κ3) is 13.3. The van der Waals surface area contributed by atoms with E-state index in [0.29, 0.717) is 61.8 Å². The van der Waals surface area contributed by atoms with Gasteiger partial charge < -0.3 is 20.9 Å². The maximum atomic E-state index is 12.6. The number of benzene rings is 2. The lowest BCUT2D eigenvalue weighted by molar-refractivity contribution is -0.122. The topological polar surface area (TPSA) is 90.5 Å². The van der Waals surface area contributed by atoms with Gasteiger partial charge in [-0.2, -0.15) is 0 Å². The molecule has 1 atom stereocenters. The number of amides is 3. The first-order chi connectivity index (χ1) is 18.5. The van der Waals surface area contributed by atoms with E-state index in [2.05, 4.69) is 29.8 Å². The van der Waals surface area contributed by atoms with Crippen LogP contribution in [-0.2, 0) is 4.79 Å². The number of halogens is 2. The first kappa shape index (κ1) is 33.7. The summed E-state index contributed by atoms with van der Waals surface area (Å²) in [6.07, 6.45) is 1.60. The first-order valence-electron chi connectivity index (χ1n) is 13.6. The van der Waals surface area contributed by atoms with E-state index in [1.54, 1.807) is 36.1 Å². The largest absolute Gasteiger partial charge is 0.354 e. The molecule has 2 rings (SSSR count). The minimum Gasteiger partial charge on any atom is -0.354 e. The Labute approximate surface area is 231 Å². The summed E-state index contributed by atoms with van der Waals surface area (Å²) >= 11 is 0. The Morgan fingerprint density at radius 2 is 1.54 bits per heavy atom. The van der Waals surface area contributed by atoms with Crippen molar-refractivity contribution in [1.82, 2.24) is 20.9 Å². The molecular weight excluding hydrogens is 502 g/mol. The van der Waals surface area contributed by atoms with Crippen LogP contribution in [0, 0.1) is 24.5 Å². The number of carbonyl (C=O) groups excluding carboxylic acids is 3. The lowest BCUT2D eigenvalue weighted by Gasteiger charge is -2.20. The average molecular weight is 547 g/mol. The van der Waals surface area contributed by atoms with Crippen LogP contribution >= 0.6 is 0 Å². The van der Waals surface area contributed by atoms with E-state index in [1.807, 2.05) is 20.8 Å². The Hall–Kier alpha value is -3.33. The number of nitrogens with one attached hydrogen (secondary N) is 3. The predicted octanol–water partition coefficient (Wildman–Crippen LogP) is 4.70. The Kier molecular flexibility index (Phi) is 15.6. The maximum Gasteiger partial charge on any atom is 0.253 e. The lowest BCUT2D eigenvalue weighted by atomic mass is 10.1. The fourth-order valence-electron chi connectivity index (χ4n) is 3.60. The standard InChI is InChI=1S/C23H38N4O3.C7H6F2/c1-6-14-27(7-2)23(30)20-11-8-10-19(15-20)22(29)25-13-9-12-24-18(5)21(28)26-16-17(3)4;1-5-2-6(8)4-7(9)3-5/h8,10-11,15,17-18,24H,6-7,9,12-14,16H2,1-5H3,(H,25,29)(H,26,28);2-4H,1H3. The van der Waals surface area contributed by atoms with Gasteiger partial charge in [-0.25, -0.2) is 8.78 Å². The minimum atomic E-state index is -0.521. The van der Waals surface area contributed by atoms with E-state index in [1.165, 1.54) is 12.1 Å². The van der Waals surface area contributed by atoms with Crippen molar-refractivity contribution >= 4 is 17.7 Å². The molecule has 0 radical (unpaired) electrons. The molecule has 0 fully saturated rings. The average Bonchev–Trinajstić information content (AvgIpc) is 2.89. The Morgan fingerprint density at radius 1 is 0.897 bits per heavy atom. The second-order valence-electron chi connectivity index (χ2n) is 9.84. The third-order valence-electron chi connectivity index (χ3n) is 5.71. The predicted molar refractivity (Wildman–Crippen MR) is 152 cm³/mol. The molecule has 0 spiro atoms. The minimum absolute atomic E-state index is 0.0154. The normalized spacial score (nSPS) is 11.3. The Bertz CT molecular complexity index is 1010. The second-order valence-corrected chi connectivity index (χ2v) is 9.84. The fourth-order valence-corrected chi connectivity index (χ4v) is 3.60. The van der Waals surface area contributed by atoms with Crippen LogP contribution in [0.1, 0.15) is 73.7 Å². The molecule has 0 bridgehead atoms. The van der Waals surface area contributed by atoms with Crippen molar-refractivity contribution in [3.8, 4) is 0 Å².